The molecule has 1 unspecified atom stereocenters. The van der Waals surface area contributed by atoms with Gasteiger partial charge in [-0.05, 0) is 17.9 Å². The Morgan fingerprint density at radius 1 is 1.23 bits per heavy atom. The second kappa shape index (κ2) is 9.38. The molecule has 0 fully saturated rings. The zero-order valence-electron chi connectivity index (χ0n) is 16.5. The molecular formula is C20H31N5O. The first-order valence-electron chi connectivity index (χ1n) is 9.08. The maximum absolute atomic E-state index is 5.59. The Hall–Kier alpha value is -2.34. The standard InChI is InChI=1S/C20H31N5O/c1-6-21-19(23-13-17(26-5)20(2,3)4)24-14-18-22-12-16(25-18)15-10-8-7-9-11-15/h7-12,17H,6,13-14H2,1-5H3,(H,22,25)(H2,21,23,24). The first kappa shape index (κ1) is 20.0. The summed E-state index contributed by atoms with van der Waals surface area (Å²) in [6.07, 6.45) is 1.95. The molecule has 2 rings (SSSR count). The van der Waals surface area contributed by atoms with Crippen molar-refractivity contribution in [3.8, 4) is 11.3 Å². The molecule has 0 aliphatic heterocycles. The summed E-state index contributed by atoms with van der Waals surface area (Å²) in [6, 6.07) is 10.2. The highest BCUT2D eigenvalue weighted by molar-refractivity contribution is 5.79. The Balaban J connectivity index is 1.99. The van der Waals surface area contributed by atoms with E-state index in [4.69, 9.17) is 4.74 Å². The number of hydrogen-bond donors (Lipinski definition) is 3. The Bertz CT molecular complexity index is 688. The van der Waals surface area contributed by atoms with Crippen molar-refractivity contribution in [2.24, 2.45) is 10.4 Å². The first-order valence-corrected chi connectivity index (χ1v) is 9.08. The molecule has 142 valence electrons. The molecule has 0 spiro atoms. The van der Waals surface area contributed by atoms with Crippen molar-refractivity contribution in [2.45, 2.75) is 40.3 Å². The van der Waals surface area contributed by atoms with Crippen molar-refractivity contribution in [1.82, 2.24) is 20.6 Å². The van der Waals surface area contributed by atoms with E-state index >= 15 is 0 Å². The number of nitrogens with one attached hydrogen (secondary N) is 3. The van der Waals surface area contributed by atoms with Gasteiger partial charge in [-0.3, -0.25) is 0 Å². The quantitative estimate of drug-likeness (QED) is 0.525. The SMILES string of the molecule is CCNC(=NCc1ncc(-c2ccccc2)[nH]1)NCC(OC)C(C)(C)C. The highest BCUT2D eigenvalue weighted by Gasteiger charge is 2.24. The van der Waals surface area contributed by atoms with Crippen molar-refractivity contribution in [2.75, 3.05) is 20.2 Å². The number of guanidine groups is 1. The third-order valence-electron chi connectivity index (χ3n) is 4.15. The molecule has 1 heterocycles. The van der Waals surface area contributed by atoms with Gasteiger partial charge in [0.25, 0.3) is 0 Å². The summed E-state index contributed by atoms with van der Waals surface area (Å²) in [5.41, 5.74) is 2.18. The summed E-state index contributed by atoms with van der Waals surface area (Å²) in [5.74, 6) is 1.59. The second-order valence-electron chi connectivity index (χ2n) is 7.28. The summed E-state index contributed by atoms with van der Waals surface area (Å²) < 4.78 is 5.59. The number of rotatable bonds is 7. The summed E-state index contributed by atoms with van der Waals surface area (Å²) in [6.45, 7) is 10.5. The molecule has 0 radical (unpaired) electrons. The molecule has 1 aromatic carbocycles. The number of hydrogen-bond acceptors (Lipinski definition) is 3. The van der Waals surface area contributed by atoms with Crippen molar-refractivity contribution >= 4 is 5.96 Å². The van der Waals surface area contributed by atoms with Crippen molar-refractivity contribution < 1.29 is 4.74 Å². The van der Waals surface area contributed by atoms with E-state index in [1.165, 1.54) is 0 Å². The third kappa shape index (κ3) is 5.88. The lowest BCUT2D eigenvalue weighted by Gasteiger charge is -2.30. The maximum atomic E-state index is 5.59. The molecule has 0 saturated heterocycles. The fourth-order valence-electron chi connectivity index (χ4n) is 2.64. The lowest BCUT2D eigenvalue weighted by atomic mass is 9.89. The lowest BCUT2D eigenvalue weighted by molar-refractivity contribution is 0.0205. The fourth-order valence-corrected chi connectivity index (χ4v) is 2.64. The van der Waals surface area contributed by atoms with E-state index in [-0.39, 0.29) is 11.5 Å². The van der Waals surface area contributed by atoms with Gasteiger partial charge in [0.1, 0.15) is 12.4 Å². The van der Waals surface area contributed by atoms with Crippen LogP contribution in [0.5, 0.6) is 0 Å². The smallest absolute Gasteiger partial charge is 0.191 e. The van der Waals surface area contributed by atoms with Gasteiger partial charge >= 0.3 is 0 Å². The number of methoxy groups -OCH3 is 1. The molecule has 0 aliphatic carbocycles. The largest absolute Gasteiger partial charge is 0.379 e. The molecule has 26 heavy (non-hydrogen) atoms. The Morgan fingerprint density at radius 2 is 1.96 bits per heavy atom. The molecule has 6 nitrogen and oxygen atoms in total. The van der Waals surface area contributed by atoms with Crippen LogP contribution in [0.1, 0.15) is 33.5 Å². The first-order chi connectivity index (χ1) is 12.4. The summed E-state index contributed by atoms with van der Waals surface area (Å²) in [4.78, 5) is 12.4. The maximum Gasteiger partial charge on any atom is 0.191 e. The highest BCUT2D eigenvalue weighted by atomic mass is 16.5. The minimum absolute atomic E-state index is 0.0602. The van der Waals surface area contributed by atoms with Gasteiger partial charge in [0.2, 0.25) is 0 Å². The van der Waals surface area contributed by atoms with Crippen LogP contribution in [-0.4, -0.2) is 42.2 Å². The average molecular weight is 358 g/mol. The molecule has 2 aromatic rings. The molecule has 0 aliphatic rings. The van der Waals surface area contributed by atoms with Gasteiger partial charge in [-0.15, -0.1) is 0 Å². The molecule has 6 heteroatoms. The molecule has 1 aromatic heterocycles. The van der Waals surface area contributed by atoms with Crippen LogP contribution in [0.3, 0.4) is 0 Å². The van der Waals surface area contributed by atoms with Gasteiger partial charge in [0.15, 0.2) is 5.96 Å². The minimum Gasteiger partial charge on any atom is -0.379 e. The predicted octanol–water partition coefficient (Wildman–Crippen LogP) is 3.19. The van der Waals surface area contributed by atoms with Crippen LogP contribution in [-0.2, 0) is 11.3 Å². The van der Waals surface area contributed by atoms with Crippen LogP contribution >= 0.6 is 0 Å². The van der Waals surface area contributed by atoms with E-state index in [0.717, 1.165) is 29.6 Å². The van der Waals surface area contributed by atoms with Gasteiger partial charge in [-0.1, -0.05) is 51.1 Å². The minimum atomic E-state index is 0.0602. The summed E-state index contributed by atoms with van der Waals surface area (Å²) >= 11 is 0. The number of ether oxygens (including phenoxy) is 1. The lowest BCUT2D eigenvalue weighted by Crippen LogP contribution is -2.45. The third-order valence-corrected chi connectivity index (χ3v) is 4.15. The Morgan fingerprint density at radius 3 is 2.58 bits per heavy atom. The van der Waals surface area contributed by atoms with Gasteiger partial charge < -0.3 is 20.4 Å². The molecular weight excluding hydrogens is 326 g/mol. The highest BCUT2D eigenvalue weighted by Crippen LogP contribution is 2.21. The summed E-state index contributed by atoms with van der Waals surface area (Å²) in [7, 11) is 1.75. The number of H-pyrrole nitrogens is 1. The number of aromatic nitrogens is 2. The predicted molar refractivity (Wildman–Crippen MR) is 107 cm³/mol. The number of aromatic amines is 1. The monoisotopic (exact) mass is 357 g/mol. The Kier molecular flexibility index (Phi) is 7.21. The number of benzene rings is 1. The number of aliphatic imine (C=N–C) groups is 1. The van der Waals surface area contributed by atoms with Crippen LogP contribution in [0.15, 0.2) is 41.5 Å². The average Bonchev–Trinajstić information content (AvgIpc) is 3.08. The molecule has 0 bridgehead atoms. The van der Waals surface area contributed by atoms with E-state index in [2.05, 4.69) is 65.4 Å². The van der Waals surface area contributed by atoms with Crippen LogP contribution in [0.4, 0.5) is 0 Å². The Labute approximate surface area is 156 Å². The van der Waals surface area contributed by atoms with Crippen molar-refractivity contribution in [3.63, 3.8) is 0 Å². The van der Waals surface area contributed by atoms with E-state index in [9.17, 15) is 0 Å². The van der Waals surface area contributed by atoms with Gasteiger partial charge in [-0.25, -0.2) is 9.98 Å². The summed E-state index contributed by atoms with van der Waals surface area (Å²) in [5, 5.41) is 6.62. The topological polar surface area (TPSA) is 74.3 Å². The normalized spacial score (nSPS) is 13.5. The van der Waals surface area contributed by atoms with Crippen LogP contribution in [0.25, 0.3) is 11.3 Å². The van der Waals surface area contributed by atoms with Gasteiger partial charge in [-0.2, -0.15) is 0 Å². The molecule has 3 N–H and O–H groups in total. The molecule has 1 atom stereocenters. The molecule has 0 amide bonds. The fraction of sp³-hybridized carbons (Fsp3) is 0.500. The van der Waals surface area contributed by atoms with Crippen molar-refractivity contribution in [3.05, 3.63) is 42.4 Å². The van der Waals surface area contributed by atoms with E-state index in [1.807, 2.05) is 24.4 Å². The van der Waals surface area contributed by atoms with Crippen molar-refractivity contribution in [1.29, 1.82) is 0 Å². The van der Waals surface area contributed by atoms with Crippen LogP contribution in [0, 0.1) is 5.41 Å². The van der Waals surface area contributed by atoms with Gasteiger partial charge in [0.05, 0.1) is 18.0 Å². The zero-order chi connectivity index (χ0) is 19.0. The van der Waals surface area contributed by atoms with E-state index < -0.39 is 0 Å². The number of nitrogens with zero attached hydrogens (tertiary/aromatic N) is 2. The van der Waals surface area contributed by atoms with E-state index in [1.54, 1.807) is 7.11 Å². The van der Waals surface area contributed by atoms with Gasteiger partial charge in [0, 0.05) is 20.2 Å². The molecule has 0 saturated carbocycles. The van der Waals surface area contributed by atoms with E-state index in [0.29, 0.717) is 13.1 Å². The second-order valence-corrected chi connectivity index (χ2v) is 7.28. The van der Waals surface area contributed by atoms with Crippen LogP contribution in [0.2, 0.25) is 0 Å². The van der Waals surface area contributed by atoms with Crippen LogP contribution < -0.4 is 10.6 Å². The zero-order valence-corrected chi connectivity index (χ0v) is 16.5. The number of imidazole rings is 1.